The van der Waals surface area contributed by atoms with Gasteiger partial charge in [0.25, 0.3) is 5.91 Å². The van der Waals surface area contributed by atoms with E-state index in [9.17, 15) is 4.79 Å². The van der Waals surface area contributed by atoms with Crippen LogP contribution in [-0.2, 0) is 0 Å². The van der Waals surface area contributed by atoms with Gasteiger partial charge in [-0.05, 0) is 38.4 Å². The molecule has 0 fully saturated rings. The first kappa shape index (κ1) is 12.7. The van der Waals surface area contributed by atoms with Gasteiger partial charge in [0.1, 0.15) is 11.7 Å². The van der Waals surface area contributed by atoms with Crippen LogP contribution in [0.25, 0.3) is 0 Å². The Morgan fingerprint density at radius 1 is 1.50 bits per heavy atom. The third-order valence-electron chi connectivity index (χ3n) is 2.65. The molecule has 1 unspecified atom stereocenters. The molecule has 2 aromatic rings. The number of hydrogen-bond acceptors (Lipinski definition) is 6. The molecule has 2 aromatic heterocycles. The molecule has 1 atom stereocenters. The minimum Gasteiger partial charge on any atom is -0.337 e. The molecular weight excluding hydrogens is 252 g/mol. The maximum absolute atomic E-state index is 12.2. The molecule has 2 rings (SSSR count). The first-order valence-electron chi connectivity index (χ1n) is 5.49. The molecule has 18 heavy (non-hydrogen) atoms. The Kier molecular flexibility index (Phi) is 3.42. The SMILES string of the molecule is Cc1noc(C(C)N(C)C(=O)c2cc(C)sn2)n1. The zero-order valence-corrected chi connectivity index (χ0v) is 11.5. The van der Waals surface area contributed by atoms with Crippen molar-refractivity contribution in [1.29, 1.82) is 0 Å². The largest absolute Gasteiger partial charge is 0.337 e. The van der Waals surface area contributed by atoms with Crippen molar-refractivity contribution in [2.75, 3.05) is 7.05 Å². The van der Waals surface area contributed by atoms with Crippen LogP contribution in [0.1, 0.15) is 40.0 Å². The van der Waals surface area contributed by atoms with Gasteiger partial charge in [-0.25, -0.2) is 0 Å². The average molecular weight is 266 g/mol. The maximum atomic E-state index is 12.2. The highest BCUT2D eigenvalue weighted by atomic mass is 32.1. The topological polar surface area (TPSA) is 72.1 Å². The van der Waals surface area contributed by atoms with Gasteiger partial charge in [0.05, 0.1) is 0 Å². The molecule has 0 aliphatic heterocycles. The summed E-state index contributed by atoms with van der Waals surface area (Å²) in [6, 6.07) is 1.50. The molecule has 0 N–H and O–H groups in total. The van der Waals surface area contributed by atoms with Crippen LogP contribution in [0.15, 0.2) is 10.6 Å². The van der Waals surface area contributed by atoms with Crippen molar-refractivity contribution in [1.82, 2.24) is 19.4 Å². The molecule has 0 bridgehead atoms. The van der Waals surface area contributed by atoms with Crippen LogP contribution in [-0.4, -0.2) is 32.4 Å². The number of carbonyl (C=O) groups is 1. The summed E-state index contributed by atoms with van der Waals surface area (Å²) in [5.41, 5.74) is 0.447. The van der Waals surface area contributed by atoms with E-state index in [4.69, 9.17) is 4.52 Å². The standard InChI is InChI=1S/C11H14N4O2S/c1-6-5-9(14-18-6)11(16)15(4)7(2)10-12-8(3)13-17-10/h5,7H,1-4H3. The van der Waals surface area contributed by atoms with Crippen LogP contribution in [0.3, 0.4) is 0 Å². The third kappa shape index (κ3) is 2.40. The minimum absolute atomic E-state index is 0.150. The fourth-order valence-electron chi connectivity index (χ4n) is 1.47. The molecule has 1 amide bonds. The molecule has 0 spiro atoms. The summed E-state index contributed by atoms with van der Waals surface area (Å²) in [4.78, 5) is 18.8. The molecule has 96 valence electrons. The second kappa shape index (κ2) is 4.85. The molecule has 0 radical (unpaired) electrons. The normalized spacial score (nSPS) is 12.4. The molecule has 2 heterocycles. The van der Waals surface area contributed by atoms with E-state index in [1.165, 1.54) is 11.5 Å². The summed E-state index contributed by atoms with van der Waals surface area (Å²) >= 11 is 1.31. The monoisotopic (exact) mass is 266 g/mol. The van der Waals surface area contributed by atoms with E-state index < -0.39 is 0 Å². The molecule has 0 aliphatic carbocycles. The molecule has 0 saturated heterocycles. The van der Waals surface area contributed by atoms with Gasteiger partial charge in [0.15, 0.2) is 5.82 Å². The first-order chi connectivity index (χ1) is 8.49. The lowest BCUT2D eigenvalue weighted by molar-refractivity contribution is 0.0711. The van der Waals surface area contributed by atoms with Crippen molar-refractivity contribution in [3.05, 3.63) is 28.4 Å². The average Bonchev–Trinajstić information content (AvgIpc) is 2.95. The molecule has 6 nitrogen and oxygen atoms in total. The lowest BCUT2D eigenvalue weighted by atomic mass is 10.2. The molecular formula is C11H14N4O2S. The second-order valence-electron chi connectivity index (χ2n) is 4.09. The van der Waals surface area contributed by atoms with Crippen LogP contribution in [0.2, 0.25) is 0 Å². The maximum Gasteiger partial charge on any atom is 0.273 e. The van der Waals surface area contributed by atoms with Gasteiger partial charge in [-0.3, -0.25) is 4.79 Å². The van der Waals surface area contributed by atoms with Gasteiger partial charge in [0, 0.05) is 11.9 Å². The Hall–Kier alpha value is -1.76. The van der Waals surface area contributed by atoms with Crippen LogP contribution in [0.5, 0.6) is 0 Å². The summed E-state index contributed by atoms with van der Waals surface area (Å²) in [6.07, 6.45) is 0. The predicted molar refractivity (Wildman–Crippen MR) is 66.4 cm³/mol. The van der Waals surface area contributed by atoms with Crippen molar-refractivity contribution in [2.24, 2.45) is 0 Å². The summed E-state index contributed by atoms with van der Waals surface area (Å²) in [7, 11) is 1.70. The van der Waals surface area contributed by atoms with Gasteiger partial charge in [-0.15, -0.1) is 0 Å². The van der Waals surface area contributed by atoms with E-state index in [-0.39, 0.29) is 11.9 Å². The Balaban J connectivity index is 2.16. The first-order valence-corrected chi connectivity index (χ1v) is 6.27. The van der Waals surface area contributed by atoms with Gasteiger partial charge >= 0.3 is 0 Å². The number of carbonyl (C=O) groups excluding carboxylic acids is 1. The van der Waals surface area contributed by atoms with E-state index in [1.54, 1.807) is 24.9 Å². The van der Waals surface area contributed by atoms with Crippen molar-refractivity contribution in [3.63, 3.8) is 0 Å². The Morgan fingerprint density at radius 2 is 2.22 bits per heavy atom. The number of amides is 1. The molecule has 0 aromatic carbocycles. The highest BCUT2D eigenvalue weighted by molar-refractivity contribution is 7.05. The lowest BCUT2D eigenvalue weighted by Crippen LogP contribution is -2.30. The van der Waals surface area contributed by atoms with Gasteiger partial charge in [-0.1, -0.05) is 5.16 Å². The summed E-state index contributed by atoms with van der Waals surface area (Å²) in [5, 5.41) is 3.72. The number of aryl methyl sites for hydroxylation is 2. The Morgan fingerprint density at radius 3 is 2.72 bits per heavy atom. The van der Waals surface area contributed by atoms with Gasteiger partial charge < -0.3 is 9.42 Å². The third-order valence-corrected chi connectivity index (χ3v) is 3.34. The smallest absolute Gasteiger partial charge is 0.273 e. The summed E-state index contributed by atoms with van der Waals surface area (Å²) in [6.45, 7) is 5.49. The van der Waals surface area contributed by atoms with E-state index in [1.807, 2.05) is 13.8 Å². The van der Waals surface area contributed by atoms with E-state index in [0.717, 1.165) is 4.88 Å². The molecule has 7 heteroatoms. The number of hydrogen-bond donors (Lipinski definition) is 0. The fourth-order valence-corrected chi connectivity index (χ4v) is 2.01. The van der Waals surface area contributed by atoms with Crippen molar-refractivity contribution in [3.8, 4) is 0 Å². The predicted octanol–water partition coefficient (Wildman–Crippen LogP) is 1.98. The number of nitrogens with zero attached hydrogens (tertiary/aromatic N) is 4. The highest BCUT2D eigenvalue weighted by Crippen LogP contribution is 2.19. The highest BCUT2D eigenvalue weighted by Gasteiger charge is 2.24. The Bertz CT molecular complexity index is 563. The Labute approximate surface area is 109 Å². The fraction of sp³-hybridized carbons (Fsp3) is 0.455. The second-order valence-corrected chi connectivity index (χ2v) is 5.10. The van der Waals surface area contributed by atoms with Crippen molar-refractivity contribution >= 4 is 17.4 Å². The molecule has 0 aliphatic rings. The van der Waals surface area contributed by atoms with Crippen LogP contribution >= 0.6 is 11.5 Å². The summed E-state index contributed by atoms with van der Waals surface area (Å²) < 4.78 is 9.17. The van der Waals surface area contributed by atoms with E-state index in [2.05, 4.69) is 14.5 Å². The van der Waals surface area contributed by atoms with Crippen LogP contribution in [0.4, 0.5) is 0 Å². The van der Waals surface area contributed by atoms with Gasteiger partial charge in [0.2, 0.25) is 5.89 Å². The zero-order valence-electron chi connectivity index (χ0n) is 10.7. The van der Waals surface area contributed by atoms with Crippen LogP contribution in [0, 0.1) is 13.8 Å². The molecule has 0 saturated carbocycles. The summed E-state index contributed by atoms with van der Waals surface area (Å²) in [5.74, 6) is 0.834. The van der Waals surface area contributed by atoms with Gasteiger partial charge in [-0.2, -0.15) is 9.36 Å². The number of rotatable bonds is 3. The lowest BCUT2D eigenvalue weighted by Gasteiger charge is -2.20. The van der Waals surface area contributed by atoms with Crippen molar-refractivity contribution < 1.29 is 9.32 Å². The van der Waals surface area contributed by atoms with Crippen molar-refractivity contribution in [2.45, 2.75) is 26.8 Å². The quantitative estimate of drug-likeness (QED) is 0.849. The minimum atomic E-state index is -0.277. The number of aromatic nitrogens is 3. The van der Waals surface area contributed by atoms with Crippen LogP contribution < -0.4 is 0 Å². The van der Waals surface area contributed by atoms with E-state index in [0.29, 0.717) is 17.4 Å². The van der Waals surface area contributed by atoms with E-state index >= 15 is 0 Å². The zero-order chi connectivity index (χ0) is 13.3.